The SMILES string of the molecule is C=CCN(CC1OC(c2cccc(-c3cccc(CNC(=O)NCC(=O)OCC)c3)c2)OC(c2ccc(CO)cc2)C1C)C1CCCC1. The van der Waals surface area contributed by atoms with E-state index in [0.29, 0.717) is 12.6 Å². The summed E-state index contributed by atoms with van der Waals surface area (Å²) in [6.07, 6.45) is 6.09. The number of aliphatic hydroxyl groups excluding tert-OH is 1. The summed E-state index contributed by atoms with van der Waals surface area (Å²) in [4.78, 5) is 26.3. The lowest BCUT2D eigenvalue weighted by Crippen LogP contribution is -2.47. The van der Waals surface area contributed by atoms with Gasteiger partial charge in [-0.05, 0) is 59.7 Å². The van der Waals surface area contributed by atoms with Crippen LogP contribution in [0.2, 0.25) is 0 Å². The van der Waals surface area contributed by atoms with Crippen molar-refractivity contribution in [3.63, 3.8) is 0 Å². The molecule has 0 radical (unpaired) electrons. The zero-order valence-corrected chi connectivity index (χ0v) is 28.1. The molecule has 9 heteroatoms. The maximum atomic E-state index is 12.2. The summed E-state index contributed by atoms with van der Waals surface area (Å²) in [6.45, 7) is 9.98. The van der Waals surface area contributed by atoms with E-state index in [1.165, 1.54) is 25.7 Å². The summed E-state index contributed by atoms with van der Waals surface area (Å²) in [5.41, 5.74) is 5.79. The van der Waals surface area contributed by atoms with Crippen LogP contribution >= 0.6 is 0 Å². The van der Waals surface area contributed by atoms with Crippen molar-refractivity contribution in [2.45, 2.75) is 77.2 Å². The first-order valence-electron chi connectivity index (χ1n) is 17.1. The second-order valence-corrected chi connectivity index (χ2v) is 12.7. The number of carbonyl (C=O) groups is 2. The van der Waals surface area contributed by atoms with Gasteiger partial charge in [-0.3, -0.25) is 9.69 Å². The standard InChI is InChI=1S/C39H49N3O6/c1-4-20-42(34-14-6-7-15-34)25-35-27(3)37(30-18-16-28(26-43)17-19-30)48-38(47-35)33-13-9-12-32(22-33)31-11-8-10-29(21-31)23-40-39(45)41-24-36(44)46-5-2/h4,8-13,16-19,21-22,27,34-35,37-38,43H,1,5-7,14-15,20,23-26H2,2-3H3,(H2,40,41,45). The molecule has 9 nitrogen and oxygen atoms in total. The van der Waals surface area contributed by atoms with E-state index in [4.69, 9.17) is 14.2 Å². The van der Waals surface area contributed by atoms with Crippen molar-refractivity contribution in [1.29, 1.82) is 0 Å². The molecule has 3 aromatic rings. The maximum Gasteiger partial charge on any atom is 0.325 e. The zero-order valence-electron chi connectivity index (χ0n) is 28.1. The third kappa shape index (κ3) is 9.32. The quantitative estimate of drug-likeness (QED) is 0.136. The minimum absolute atomic E-state index is 0.000353. The average Bonchev–Trinajstić information content (AvgIpc) is 3.66. The molecule has 256 valence electrons. The topological polar surface area (TPSA) is 109 Å². The highest BCUT2D eigenvalue weighted by Crippen LogP contribution is 2.43. The van der Waals surface area contributed by atoms with Crippen LogP contribution in [-0.2, 0) is 32.2 Å². The summed E-state index contributed by atoms with van der Waals surface area (Å²) in [6, 6.07) is 24.3. The highest BCUT2D eigenvalue weighted by molar-refractivity contribution is 5.80. The second kappa shape index (κ2) is 17.4. The average molecular weight is 656 g/mol. The Bertz CT molecular complexity index is 1510. The molecule has 1 saturated heterocycles. The molecule has 2 aliphatic rings. The van der Waals surface area contributed by atoms with Crippen LogP contribution in [0.25, 0.3) is 11.1 Å². The number of hydrogen-bond acceptors (Lipinski definition) is 7. The van der Waals surface area contributed by atoms with E-state index in [0.717, 1.165) is 46.5 Å². The molecule has 2 fully saturated rings. The van der Waals surface area contributed by atoms with E-state index in [1.54, 1.807) is 6.92 Å². The summed E-state index contributed by atoms with van der Waals surface area (Å²) in [5.74, 6) is -0.383. The number of hydrogen-bond donors (Lipinski definition) is 3. The number of rotatable bonds is 14. The molecular weight excluding hydrogens is 606 g/mol. The van der Waals surface area contributed by atoms with E-state index in [2.05, 4.69) is 53.3 Å². The van der Waals surface area contributed by atoms with E-state index >= 15 is 0 Å². The summed E-state index contributed by atoms with van der Waals surface area (Å²) in [5, 5.41) is 14.9. The Kier molecular flexibility index (Phi) is 12.8. The fraction of sp³-hybridized carbons (Fsp3) is 0.436. The monoisotopic (exact) mass is 655 g/mol. The van der Waals surface area contributed by atoms with Gasteiger partial charge in [0, 0.05) is 37.2 Å². The number of urea groups is 1. The highest BCUT2D eigenvalue weighted by Gasteiger charge is 2.40. The molecule has 5 rings (SSSR count). The minimum Gasteiger partial charge on any atom is -0.465 e. The Morgan fingerprint density at radius 2 is 1.69 bits per heavy atom. The van der Waals surface area contributed by atoms with Crippen molar-refractivity contribution < 1.29 is 28.9 Å². The van der Waals surface area contributed by atoms with E-state index < -0.39 is 18.3 Å². The smallest absolute Gasteiger partial charge is 0.325 e. The molecule has 1 aliphatic heterocycles. The van der Waals surface area contributed by atoms with Crippen molar-refractivity contribution in [3.8, 4) is 11.1 Å². The summed E-state index contributed by atoms with van der Waals surface area (Å²) < 4.78 is 18.4. The fourth-order valence-corrected chi connectivity index (χ4v) is 6.70. The number of esters is 1. The lowest BCUT2D eigenvalue weighted by Gasteiger charge is -2.43. The second-order valence-electron chi connectivity index (χ2n) is 12.7. The van der Waals surface area contributed by atoms with Crippen molar-refractivity contribution >= 4 is 12.0 Å². The Balaban J connectivity index is 1.34. The van der Waals surface area contributed by atoms with Gasteiger partial charge < -0.3 is 30.0 Å². The van der Waals surface area contributed by atoms with Crippen LogP contribution in [0.3, 0.4) is 0 Å². The van der Waals surface area contributed by atoms with Crippen molar-refractivity contribution in [3.05, 3.63) is 108 Å². The van der Waals surface area contributed by atoms with Crippen molar-refractivity contribution in [1.82, 2.24) is 15.5 Å². The van der Waals surface area contributed by atoms with Gasteiger partial charge in [0.2, 0.25) is 0 Å². The molecule has 3 N–H and O–H groups in total. The Hall–Kier alpha value is -4.02. The third-order valence-corrected chi connectivity index (χ3v) is 9.31. The molecule has 1 aliphatic carbocycles. The number of amides is 2. The van der Waals surface area contributed by atoms with Gasteiger partial charge >= 0.3 is 12.0 Å². The molecule has 0 bridgehead atoms. The molecule has 3 aromatic carbocycles. The fourth-order valence-electron chi connectivity index (χ4n) is 6.70. The largest absolute Gasteiger partial charge is 0.465 e. The number of carbonyl (C=O) groups excluding carboxylic acids is 2. The highest BCUT2D eigenvalue weighted by atomic mass is 16.7. The van der Waals surface area contributed by atoms with E-state index in [9.17, 15) is 14.7 Å². The maximum absolute atomic E-state index is 12.2. The molecule has 48 heavy (non-hydrogen) atoms. The van der Waals surface area contributed by atoms with Gasteiger partial charge in [-0.2, -0.15) is 0 Å². The van der Waals surface area contributed by atoms with Gasteiger partial charge in [0.05, 0.1) is 25.4 Å². The minimum atomic E-state index is -0.573. The van der Waals surface area contributed by atoms with Crippen molar-refractivity contribution in [2.75, 3.05) is 26.2 Å². The van der Waals surface area contributed by atoms with Gasteiger partial charge in [-0.1, -0.05) is 86.5 Å². The van der Waals surface area contributed by atoms with Crippen molar-refractivity contribution in [2.24, 2.45) is 5.92 Å². The lowest BCUT2D eigenvalue weighted by atomic mass is 9.89. The third-order valence-electron chi connectivity index (χ3n) is 9.31. The first-order chi connectivity index (χ1) is 23.4. The van der Waals surface area contributed by atoms with Crippen LogP contribution < -0.4 is 10.6 Å². The zero-order chi connectivity index (χ0) is 33.9. The molecule has 4 unspecified atom stereocenters. The number of benzene rings is 3. The lowest BCUT2D eigenvalue weighted by molar-refractivity contribution is -0.276. The van der Waals surface area contributed by atoms with Crippen LogP contribution in [0, 0.1) is 5.92 Å². The Morgan fingerprint density at radius 3 is 2.40 bits per heavy atom. The van der Waals surface area contributed by atoms with Gasteiger partial charge in [-0.15, -0.1) is 6.58 Å². The number of nitrogens with zero attached hydrogens (tertiary/aromatic N) is 1. The Morgan fingerprint density at radius 1 is 0.958 bits per heavy atom. The Labute approximate surface area is 284 Å². The predicted octanol–water partition coefficient (Wildman–Crippen LogP) is 6.43. The van der Waals surface area contributed by atoms with Crippen LogP contribution in [0.5, 0.6) is 0 Å². The van der Waals surface area contributed by atoms with Gasteiger partial charge in [0.25, 0.3) is 0 Å². The molecule has 2 amide bonds. The molecular formula is C39H49N3O6. The van der Waals surface area contributed by atoms with Crippen LogP contribution in [0.1, 0.15) is 74.2 Å². The first-order valence-corrected chi connectivity index (χ1v) is 17.1. The first kappa shape index (κ1) is 35.3. The molecule has 1 heterocycles. The summed E-state index contributed by atoms with van der Waals surface area (Å²) >= 11 is 0. The predicted molar refractivity (Wildman–Crippen MR) is 186 cm³/mol. The number of nitrogens with one attached hydrogen (secondary N) is 2. The normalized spacial score (nSPS) is 21.2. The molecule has 0 spiro atoms. The number of aliphatic hydroxyl groups is 1. The van der Waals surface area contributed by atoms with E-state index in [1.807, 2.05) is 54.6 Å². The summed E-state index contributed by atoms with van der Waals surface area (Å²) in [7, 11) is 0. The molecule has 0 aromatic heterocycles. The molecule has 1 saturated carbocycles. The molecule has 4 atom stereocenters. The number of ether oxygens (including phenoxy) is 3. The van der Waals surface area contributed by atoms with E-state index in [-0.39, 0.29) is 37.9 Å². The van der Waals surface area contributed by atoms with Crippen LogP contribution in [0.15, 0.2) is 85.5 Å². The van der Waals surface area contributed by atoms with Crippen LogP contribution in [0.4, 0.5) is 4.79 Å². The van der Waals surface area contributed by atoms with Gasteiger partial charge in [0.15, 0.2) is 6.29 Å². The van der Waals surface area contributed by atoms with Gasteiger partial charge in [0.1, 0.15) is 6.54 Å². The van der Waals surface area contributed by atoms with Crippen LogP contribution in [-0.4, -0.2) is 60.4 Å². The van der Waals surface area contributed by atoms with Gasteiger partial charge in [-0.25, -0.2) is 4.79 Å².